The molecule has 2 N–H and O–H groups in total. The van der Waals surface area contributed by atoms with Crippen molar-refractivity contribution in [3.05, 3.63) is 52.2 Å². The predicted molar refractivity (Wildman–Crippen MR) is 131 cm³/mol. The molecule has 0 aromatic carbocycles. The van der Waals surface area contributed by atoms with E-state index in [-0.39, 0.29) is 11.7 Å². The van der Waals surface area contributed by atoms with Gasteiger partial charge >= 0.3 is 0 Å². The molecule has 1 amide bonds. The second kappa shape index (κ2) is 13.5. The van der Waals surface area contributed by atoms with Crippen LogP contribution >= 0.6 is 12.2 Å². The third-order valence-corrected chi connectivity index (χ3v) is 5.14. The van der Waals surface area contributed by atoms with E-state index in [9.17, 15) is 9.90 Å². The summed E-state index contributed by atoms with van der Waals surface area (Å²) in [5.74, 6) is 0.543. The number of anilines is 1. The quantitative estimate of drug-likeness (QED) is 0.298. The fourth-order valence-corrected chi connectivity index (χ4v) is 3.51. The Bertz CT molecular complexity index is 896. The summed E-state index contributed by atoms with van der Waals surface area (Å²) in [4.78, 5) is 19.9. The van der Waals surface area contributed by atoms with Gasteiger partial charge in [-0.2, -0.15) is 5.10 Å². The second-order valence-corrected chi connectivity index (χ2v) is 7.23. The van der Waals surface area contributed by atoms with E-state index in [2.05, 4.69) is 22.2 Å². The summed E-state index contributed by atoms with van der Waals surface area (Å²) in [6.07, 6.45) is 10.9. The van der Waals surface area contributed by atoms with Gasteiger partial charge in [0.05, 0.1) is 6.33 Å². The maximum Gasteiger partial charge on any atom is 0.250 e. The molecule has 2 rings (SSSR count). The topological polar surface area (TPSA) is 82.8 Å². The van der Waals surface area contributed by atoms with Gasteiger partial charge in [-0.25, -0.2) is 4.98 Å². The van der Waals surface area contributed by atoms with Crippen molar-refractivity contribution in [3.63, 3.8) is 0 Å². The van der Waals surface area contributed by atoms with E-state index in [1.54, 1.807) is 23.0 Å². The highest BCUT2D eigenvalue weighted by molar-refractivity contribution is 7.71. The summed E-state index contributed by atoms with van der Waals surface area (Å²) >= 11 is 5.66. The third kappa shape index (κ3) is 6.89. The maximum absolute atomic E-state index is 13.6. The Morgan fingerprint density at radius 1 is 1.39 bits per heavy atom. The van der Waals surface area contributed by atoms with Crippen molar-refractivity contribution < 1.29 is 9.90 Å². The van der Waals surface area contributed by atoms with Gasteiger partial charge in [0.2, 0.25) is 5.91 Å². The first kappa shape index (κ1) is 26.3. The summed E-state index contributed by atoms with van der Waals surface area (Å²) in [5, 5.41) is 13.8. The highest BCUT2D eigenvalue weighted by atomic mass is 32.1. The first-order valence-electron chi connectivity index (χ1n) is 10.8. The number of hydrogen-bond donors (Lipinski definition) is 2. The number of nitrogens with one attached hydrogen (secondary N) is 1. The number of amides is 1. The van der Waals surface area contributed by atoms with Crippen LogP contribution in [0.15, 0.2) is 47.1 Å². The van der Waals surface area contributed by atoms with Crippen LogP contribution in [0.5, 0.6) is 0 Å². The molecular weight excluding hydrogens is 410 g/mol. The number of carbonyl (C=O) groups excluding carboxylic acids is 1. The van der Waals surface area contributed by atoms with E-state index in [1.807, 2.05) is 51.7 Å². The number of nitrogens with zero attached hydrogens (tertiary/aromatic N) is 4. The van der Waals surface area contributed by atoms with Gasteiger partial charge in [-0.1, -0.05) is 52.1 Å². The lowest BCUT2D eigenvalue weighted by atomic mass is 10.0. The highest BCUT2D eigenvalue weighted by Gasteiger charge is 2.29. The molecule has 0 fully saturated rings. The minimum Gasteiger partial charge on any atom is -0.508 e. The molecule has 8 heteroatoms. The van der Waals surface area contributed by atoms with Crippen molar-refractivity contribution in [2.24, 2.45) is 5.10 Å². The average molecular weight is 446 g/mol. The minimum absolute atomic E-state index is 0.0641. The third-order valence-electron chi connectivity index (χ3n) is 4.63. The van der Waals surface area contributed by atoms with Gasteiger partial charge in [-0.3, -0.25) is 10.2 Å². The van der Waals surface area contributed by atoms with Crippen molar-refractivity contribution in [1.82, 2.24) is 14.5 Å². The Labute approximate surface area is 190 Å². The number of carbonyl (C=O) groups is 1. The predicted octanol–water partition coefficient (Wildman–Crippen LogP) is 5.49. The van der Waals surface area contributed by atoms with Crippen molar-refractivity contribution in [3.8, 4) is 0 Å². The molecule has 1 atom stereocenters. The summed E-state index contributed by atoms with van der Waals surface area (Å²) in [7, 11) is 0. The van der Waals surface area contributed by atoms with Gasteiger partial charge in [-0.05, 0) is 43.9 Å². The van der Waals surface area contributed by atoms with Gasteiger partial charge in [-0.15, -0.1) is 0 Å². The average Bonchev–Trinajstić information content (AvgIpc) is 2.98. The van der Waals surface area contributed by atoms with Gasteiger partial charge in [0.1, 0.15) is 16.4 Å². The molecule has 0 bridgehead atoms. The smallest absolute Gasteiger partial charge is 0.250 e. The van der Waals surface area contributed by atoms with E-state index in [0.29, 0.717) is 41.1 Å². The van der Waals surface area contributed by atoms with Gasteiger partial charge in [0.25, 0.3) is 0 Å². The van der Waals surface area contributed by atoms with Crippen LogP contribution in [0.25, 0.3) is 0 Å². The molecule has 1 aliphatic carbocycles. The van der Waals surface area contributed by atoms with Crippen LogP contribution in [0.4, 0.5) is 5.82 Å². The Balaban J connectivity index is 0.00000233. The number of aliphatic hydroxyl groups is 1. The van der Waals surface area contributed by atoms with E-state index in [0.717, 1.165) is 12.8 Å². The largest absolute Gasteiger partial charge is 0.508 e. The van der Waals surface area contributed by atoms with E-state index in [1.165, 1.54) is 0 Å². The fraction of sp³-hybridized carbons (Fsp3) is 0.478. The van der Waals surface area contributed by atoms with Crippen molar-refractivity contribution >= 4 is 30.7 Å². The molecular formula is C23H35N5O2S. The Kier molecular flexibility index (Phi) is 11.5. The lowest BCUT2D eigenvalue weighted by molar-refractivity contribution is -0.133. The molecule has 0 aliphatic heterocycles. The number of aliphatic hydroxyl groups excluding tert-OH is 1. The molecule has 1 aromatic rings. The molecule has 0 radical (unpaired) electrons. The Morgan fingerprint density at radius 3 is 2.61 bits per heavy atom. The van der Waals surface area contributed by atoms with E-state index >= 15 is 0 Å². The maximum atomic E-state index is 13.6. The van der Waals surface area contributed by atoms with Gasteiger partial charge in [0, 0.05) is 25.4 Å². The molecule has 0 saturated heterocycles. The first-order valence-corrected chi connectivity index (χ1v) is 11.2. The zero-order valence-corrected chi connectivity index (χ0v) is 20.1. The monoisotopic (exact) mass is 445 g/mol. The number of allylic oxidation sites excluding steroid dienone is 4. The zero-order chi connectivity index (χ0) is 23.4. The molecule has 170 valence electrons. The molecule has 7 nitrogen and oxygen atoms in total. The van der Waals surface area contributed by atoms with Crippen LogP contribution in [0.2, 0.25) is 0 Å². The molecule has 1 aliphatic rings. The van der Waals surface area contributed by atoms with Crippen LogP contribution in [0.1, 0.15) is 58.6 Å². The number of hydrazone groups is 1. The Hall–Kier alpha value is -2.74. The summed E-state index contributed by atoms with van der Waals surface area (Å²) in [5.41, 5.74) is 4.11. The van der Waals surface area contributed by atoms with Crippen LogP contribution in [0.3, 0.4) is 0 Å². The fourth-order valence-electron chi connectivity index (χ4n) is 3.26. The van der Waals surface area contributed by atoms with Crippen molar-refractivity contribution in [1.29, 1.82) is 0 Å². The van der Waals surface area contributed by atoms with Crippen LogP contribution in [-0.2, 0) is 4.79 Å². The van der Waals surface area contributed by atoms with Crippen LogP contribution in [0, 0.1) is 11.6 Å². The van der Waals surface area contributed by atoms with Crippen LogP contribution in [-0.4, -0.2) is 45.3 Å². The van der Waals surface area contributed by atoms with Crippen molar-refractivity contribution in [2.45, 2.75) is 59.9 Å². The zero-order valence-electron chi connectivity index (χ0n) is 19.3. The van der Waals surface area contributed by atoms with E-state index in [4.69, 9.17) is 12.2 Å². The van der Waals surface area contributed by atoms with Crippen LogP contribution < -0.4 is 5.43 Å². The lowest BCUT2D eigenvalue weighted by Gasteiger charge is -2.29. The van der Waals surface area contributed by atoms with Gasteiger partial charge < -0.3 is 14.6 Å². The summed E-state index contributed by atoms with van der Waals surface area (Å²) < 4.78 is 2.17. The van der Waals surface area contributed by atoms with E-state index < -0.39 is 6.04 Å². The Morgan fingerprint density at radius 2 is 2.03 bits per heavy atom. The minimum atomic E-state index is -0.709. The lowest BCUT2D eigenvalue weighted by Crippen LogP contribution is -2.39. The number of rotatable bonds is 9. The molecule has 1 unspecified atom stereocenters. The number of hydrogen-bond acceptors (Lipinski definition) is 6. The first-order chi connectivity index (χ1) is 14.9. The summed E-state index contributed by atoms with van der Waals surface area (Å²) in [6.45, 7) is 14.6. The molecule has 1 heterocycles. The molecule has 1 aromatic heterocycles. The molecule has 0 saturated carbocycles. The molecule has 31 heavy (non-hydrogen) atoms. The standard InChI is InChI=1S/C21H29N5O2S.C2H6/c1-5-11-25(12-6-2)20(28)18(16-9-7-8-10-17(27)13-16)26-14-23-19(24-22-4)15(3)21(26)29;1-2/h8-10,13-14,18,24,27H,4-7,11-12H2,1-3H3;1-2H3. The number of aromatic nitrogens is 2. The highest BCUT2D eigenvalue weighted by Crippen LogP contribution is 2.27. The summed E-state index contributed by atoms with van der Waals surface area (Å²) in [6, 6.07) is -0.709. The van der Waals surface area contributed by atoms with Gasteiger partial charge in [0.15, 0.2) is 5.82 Å². The SMILES string of the molecule is C=NNc1ncn(C(C(=O)N(CCC)CCC)C2=CCC=CC(O)=C2)c(=S)c1C.CC. The normalized spacial score (nSPS) is 13.7. The molecule has 0 spiro atoms. The second-order valence-electron chi connectivity index (χ2n) is 6.84. The van der Waals surface area contributed by atoms with Crippen molar-refractivity contribution in [2.75, 3.05) is 18.5 Å².